The fourth-order valence-corrected chi connectivity index (χ4v) is 2.67. The topological polar surface area (TPSA) is 151 Å². The van der Waals surface area contributed by atoms with Crippen molar-refractivity contribution in [3.05, 3.63) is 0 Å². The molecule has 0 aliphatic carbocycles. The van der Waals surface area contributed by atoms with Gasteiger partial charge in [-0.3, -0.25) is 29.4 Å². The molecule has 1 unspecified atom stereocenters. The fraction of sp³-hybridized carbons (Fsp3) is 0.737. The van der Waals surface area contributed by atoms with Crippen molar-refractivity contribution in [1.29, 1.82) is 0 Å². The summed E-state index contributed by atoms with van der Waals surface area (Å²) in [7, 11) is 0. The molecule has 196 valence electrons. The number of carbonyl (C=O) groups excluding carboxylic acids is 5. The van der Waals surface area contributed by atoms with Crippen molar-refractivity contribution in [2.45, 2.75) is 71.9 Å². The molecule has 34 heavy (non-hydrogen) atoms. The van der Waals surface area contributed by atoms with E-state index in [-0.39, 0.29) is 0 Å². The van der Waals surface area contributed by atoms with Gasteiger partial charge in [0.05, 0.1) is 6.54 Å². The molecule has 0 spiro atoms. The molecule has 10 nitrogen and oxygen atoms in total. The second kappa shape index (κ2) is 11.7. The Morgan fingerprint density at radius 1 is 0.882 bits per heavy atom. The van der Waals surface area contributed by atoms with Crippen LogP contribution in [-0.4, -0.2) is 65.0 Å². The lowest BCUT2D eigenvalue weighted by Crippen LogP contribution is -2.63. The Bertz CT molecular complexity index is 793. The number of carbonyl (C=O) groups is 5. The number of hydrazine groups is 1. The van der Waals surface area contributed by atoms with Crippen LogP contribution >= 0.6 is 11.6 Å². The highest BCUT2D eigenvalue weighted by Gasteiger charge is 2.45. The summed E-state index contributed by atoms with van der Waals surface area (Å²) < 4.78 is 51.5. The normalized spacial score (nSPS) is 14.9. The van der Waals surface area contributed by atoms with E-state index in [2.05, 4.69) is 5.32 Å². The number of hydrogen-bond acceptors (Lipinski definition) is 5. The summed E-state index contributed by atoms with van der Waals surface area (Å²) >= 11 is 5.13. The third kappa shape index (κ3) is 10.1. The van der Waals surface area contributed by atoms with Gasteiger partial charge in [-0.25, -0.2) is 9.40 Å². The van der Waals surface area contributed by atoms with Crippen molar-refractivity contribution in [2.75, 3.05) is 6.54 Å². The molecule has 0 bridgehead atoms. The summed E-state index contributed by atoms with van der Waals surface area (Å²) in [5, 5.41) is 4.28. The van der Waals surface area contributed by atoms with Crippen molar-refractivity contribution >= 4 is 41.1 Å². The van der Waals surface area contributed by atoms with Crippen LogP contribution in [0.3, 0.4) is 0 Å². The lowest BCUT2D eigenvalue weighted by molar-refractivity contribution is -0.175. The van der Waals surface area contributed by atoms with Crippen LogP contribution in [-0.2, 0) is 24.0 Å². The SMILES string of the molecule is CC(C)(C)[C@H](NC(=O)[C@@H](NC(=O)C(F)(F)F)C(C)(C)C)C(=O)NN(CCC(N)=O)C(=O)C(F)Cl. The van der Waals surface area contributed by atoms with E-state index in [1.54, 1.807) is 5.32 Å². The van der Waals surface area contributed by atoms with E-state index < -0.39 is 77.2 Å². The first-order valence-electron chi connectivity index (χ1n) is 9.95. The van der Waals surface area contributed by atoms with Gasteiger partial charge in [0.15, 0.2) is 0 Å². The maximum Gasteiger partial charge on any atom is 0.471 e. The van der Waals surface area contributed by atoms with E-state index in [0.29, 0.717) is 5.01 Å². The Labute approximate surface area is 199 Å². The molecule has 3 atom stereocenters. The molecular weight excluding hydrogens is 490 g/mol. The number of rotatable bonds is 8. The first-order valence-corrected chi connectivity index (χ1v) is 10.4. The highest BCUT2D eigenvalue weighted by atomic mass is 35.5. The summed E-state index contributed by atoms with van der Waals surface area (Å²) in [6.07, 6.45) is -5.71. The van der Waals surface area contributed by atoms with Crippen LogP contribution in [0.15, 0.2) is 0 Å². The summed E-state index contributed by atoms with van der Waals surface area (Å²) in [5.74, 6) is -6.81. The highest BCUT2D eigenvalue weighted by molar-refractivity contribution is 6.29. The maximum absolute atomic E-state index is 13.3. The van der Waals surface area contributed by atoms with Gasteiger partial charge in [-0.05, 0) is 10.8 Å². The molecular formula is C19H30ClF4N5O5. The Balaban J connectivity index is 5.89. The number of nitrogens with two attached hydrogens (primary N) is 1. The Morgan fingerprint density at radius 2 is 1.32 bits per heavy atom. The summed E-state index contributed by atoms with van der Waals surface area (Å²) in [6, 6.07) is -3.19. The van der Waals surface area contributed by atoms with Crippen LogP contribution in [0.25, 0.3) is 0 Å². The minimum Gasteiger partial charge on any atom is -0.370 e. The molecule has 0 aromatic carbocycles. The van der Waals surface area contributed by atoms with Crippen LogP contribution in [0.4, 0.5) is 17.6 Å². The lowest BCUT2D eigenvalue weighted by Gasteiger charge is -2.36. The summed E-state index contributed by atoms with van der Waals surface area (Å²) in [6.45, 7) is 8.13. The summed E-state index contributed by atoms with van der Waals surface area (Å²) in [4.78, 5) is 60.2. The zero-order valence-corrected chi connectivity index (χ0v) is 20.4. The Kier molecular flexibility index (Phi) is 10.8. The number of primary amides is 1. The Hall–Kier alpha value is -2.64. The molecule has 0 aliphatic rings. The number of nitrogens with one attached hydrogen (secondary N) is 3. The van der Waals surface area contributed by atoms with Gasteiger partial charge in [0.25, 0.3) is 17.4 Å². The Morgan fingerprint density at radius 3 is 1.68 bits per heavy atom. The average molecular weight is 520 g/mol. The zero-order chi connectivity index (χ0) is 27.2. The predicted octanol–water partition coefficient (Wildman–Crippen LogP) is 0.880. The van der Waals surface area contributed by atoms with Crippen molar-refractivity contribution in [3.63, 3.8) is 0 Å². The average Bonchev–Trinajstić information content (AvgIpc) is 2.63. The molecule has 5 N–H and O–H groups in total. The maximum atomic E-state index is 13.3. The fourth-order valence-electron chi connectivity index (χ4n) is 2.55. The molecule has 0 aliphatic heterocycles. The van der Waals surface area contributed by atoms with Crippen LogP contribution < -0.4 is 21.8 Å². The van der Waals surface area contributed by atoms with Gasteiger partial charge in [-0.2, -0.15) is 13.2 Å². The predicted molar refractivity (Wildman–Crippen MR) is 113 cm³/mol. The second-order valence-corrected chi connectivity index (χ2v) is 9.94. The van der Waals surface area contributed by atoms with E-state index in [1.807, 2.05) is 5.43 Å². The minimum absolute atomic E-state index is 0.405. The van der Waals surface area contributed by atoms with E-state index in [1.165, 1.54) is 41.5 Å². The first kappa shape index (κ1) is 31.4. The van der Waals surface area contributed by atoms with Crippen molar-refractivity contribution < 1.29 is 41.5 Å². The number of nitrogens with zero attached hydrogens (tertiary/aromatic N) is 1. The summed E-state index contributed by atoms with van der Waals surface area (Å²) in [5.41, 5.74) is 2.19. The van der Waals surface area contributed by atoms with Gasteiger partial charge < -0.3 is 16.4 Å². The lowest BCUT2D eigenvalue weighted by atomic mass is 9.83. The van der Waals surface area contributed by atoms with Gasteiger partial charge in [0.2, 0.25) is 11.8 Å². The molecule has 5 amide bonds. The van der Waals surface area contributed by atoms with Crippen molar-refractivity contribution in [3.8, 4) is 0 Å². The van der Waals surface area contributed by atoms with E-state index >= 15 is 0 Å². The third-order valence-electron chi connectivity index (χ3n) is 4.36. The molecule has 0 rings (SSSR count). The van der Waals surface area contributed by atoms with Crippen molar-refractivity contribution in [1.82, 2.24) is 21.1 Å². The second-order valence-electron chi connectivity index (χ2n) is 9.56. The molecule has 0 radical (unpaired) electrons. The zero-order valence-electron chi connectivity index (χ0n) is 19.6. The van der Waals surface area contributed by atoms with Gasteiger partial charge in [-0.15, -0.1) is 0 Å². The smallest absolute Gasteiger partial charge is 0.370 e. The number of hydrogen-bond donors (Lipinski definition) is 4. The van der Waals surface area contributed by atoms with Crippen LogP contribution in [0.1, 0.15) is 48.0 Å². The van der Waals surface area contributed by atoms with Crippen LogP contribution in [0, 0.1) is 10.8 Å². The largest absolute Gasteiger partial charge is 0.471 e. The number of halogens is 5. The van der Waals surface area contributed by atoms with Gasteiger partial charge in [0, 0.05) is 6.42 Å². The molecule has 0 aromatic rings. The molecule has 15 heteroatoms. The molecule has 0 saturated heterocycles. The van der Waals surface area contributed by atoms with E-state index in [4.69, 9.17) is 17.3 Å². The third-order valence-corrected chi connectivity index (χ3v) is 4.54. The van der Waals surface area contributed by atoms with Gasteiger partial charge in [-0.1, -0.05) is 53.1 Å². The highest BCUT2D eigenvalue weighted by Crippen LogP contribution is 2.25. The molecule has 0 heterocycles. The van der Waals surface area contributed by atoms with Crippen LogP contribution in [0.5, 0.6) is 0 Å². The van der Waals surface area contributed by atoms with Crippen molar-refractivity contribution in [2.24, 2.45) is 16.6 Å². The number of amides is 5. The molecule has 0 fully saturated rings. The van der Waals surface area contributed by atoms with Gasteiger partial charge >= 0.3 is 12.1 Å². The molecule has 0 saturated carbocycles. The van der Waals surface area contributed by atoms with E-state index in [9.17, 15) is 41.5 Å². The van der Waals surface area contributed by atoms with E-state index in [0.717, 1.165) is 0 Å². The number of alkyl halides is 5. The van der Waals surface area contributed by atoms with Crippen LogP contribution in [0.2, 0.25) is 0 Å². The monoisotopic (exact) mass is 519 g/mol. The first-order chi connectivity index (χ1) is 15.1. The molecule has 0 aromatic heterocycles. The van der Waals surface area contributed by atoms with Gasteiger partial charge in [0.1, 0.15) is 12.1 Å². The standard InChI is InChI=1S/C19H30ClF4N5O5/c1-17(2,3)10(27-16(34)19(22,23)24)13(31)26-11(18(4,5)6)14(32)28-29(8-7-9(25)30)15(33)12(20)21/h10-12H,7-8H2,1-6H3,(H2,25,30)(H,26,31)(H,27,34)(H,28,32)/t10-,11-,12?/m1/s1. The minimum atomic E-state index is -5.25. The quantitative estimate of drug-likeness (QED) is 0.213.